The van der Waals surface area contributed by atoms with Gasteiger partial charge in [0.15, 0.2) is 6.29 Å². The van der Waals surface area contributed by atoms with Gasteiger partial charge in [-0.3, -0.25) is 0 Å². The molecule has 0 atom stereocenters. The minimum Gasteiger partial charge on any atom is -0.355 e. The molecule has 0 radical (unpaired) electrons. The molecule has 0 aromatic heterocycles. The molecule has 2 N–H and O–H groups in total. The molecule has 0 saturated heterocycles. The molecule has 0 heterocycles. The number of hydrogen-bond acceptors (Lipinski definition) is 5. The Labute approximate surface area is 91.4 Å². The Morgan fingerprint density at radius 2 is 1.87 bits per heavy atom. The van der Waals surface area contributed by atoms with Gasteiger partial charge in [-0.2, -0.15) is 0 Å². The van der Waals surface area contributed by atoms with Crippen molar-refractivity contribution in [3.05, 3.63) is 0 Å². The molecule has 0 fully saturated rings. The molecule has 0 aliphatic carbocycles. The van der Waals surface area contributed by atoms with Crippen LogP contribution in [0, 0.1) is 0 Å². The highest BCUT2D eigenvalue weighted by molar-refractivity contribution is 7.89. The SMILES string of the molecule is CCNS(=O)(=O)CCNCC(OC)OC. The van der Waals surface area contributed by atoms with Crippen molar-refractivity contribution >= 4 is 10.0 Å². The molecule has 7 heteroatoms. The first-order valence-corrected chi connectivity index (χ1v) is 6.44. The lowest BCUT2D eigenvalue weighted by Gasteiger charge is -2.13. The minimum atomic E-state index is -3.14. The summed E-state index contributed by atoms with van der Waals surface area (Å²) in [6.07, 6.45) is -0.341. The molecule has 6 nitrogen and oxygen atoms in total. The van der Waals surface area contributed by atoms with Crippen molar-refractivity contribution in [2.45, 2.75) is 13.2 Å². The van der Waals surface area contributed by atoms with Gasteiger partial charge in [0, 0.05) is 33.9 Å². The van der Waals surface area contributed by atoms with E-state index in [0.717, 1.165) is 0 Å². The van der Waals surface area contributed by atoms with Crippen LogP contribution >= 0.6 is 0 Å². The Morgan fingerprint density at radius 1 is 1.27 bits per heavy atom. The maximum absolute atomic E-state index is 11.2. The van der Waals surface area contributed by atoms with Crippen molar-refractivity contribution in [1.29, 1.82) is 0 Å². The zero-order valence-corrected chi connectivity index (χ0v) is 10.3. The summed E-state index contributed by atoms with van der Waals surface area (Å²) in [5, 5.41) is 2.93. The van der Waals surface area contributed by atoms with Gasteiger partial charge >= 0.3 is 0 Å². The summed E-state index contributed by atoms with van der Waals surface area (Å²) in [6, 6.07) is 0. The van der Waals surface area contributed by atoms with Gasteiger partial charge in [0.05, 0.1) is 5.75 Å². The molecule has 0 aromatic carbocycles. The van der Waals surface area contributed by atoms with Crippen molar-refractivity contribution in [2.24, 2.45) is 0 Å². The molecule has 0 aromatic rings. The second-order valence-corrected chi connectivity index (χ2v) is 4.85. The normalized spacial score (nSPS) is 12.3. The van der Waals surface area contributed by atoms with Crippen LogP contribution in [0.2, 0.25) is 0 Å². The maximum atomic E-state index is 11.2. The van der Waals surface area contributed by atoms with Crippen molar-refractivity contribution in [1.82, 2.24) is 10.0 Å². The van der Waals surface area contributed by atoms with E-state index in [1.54, 1.807) is 6.92 Å². The van der Waals surface area contributed by atoms with Crippen LogP contribution in [0.5, 0.6) is 0 Å². The van der Waals surface area contributed by atoms with E-state index >= 15 is 0 Å². The fraction of sp³-hybridized carbons (Fsp3) is 1.00. The molecule has 0 amide bonds. The molecule has 0 aliphatic rings. The molecule has 0 saturated carbocycles. The number of ether oxygens (including phenoxy) is 2. The monoisotopic (exact) mass is 240 g/mol. The van der Waals surface area contributed by atoms with Crippen LogP contribution in [-0.2, 0) is 19.5 Å². The first kappa shape index (κ1) is 14.8. The van der Waals surface area contributed by atoms with Gasteiger partial charge in [0.1, 0.15) is 0 Å². The quantitative estimate of drug-likeness (QED) is 0.405. The molecule has 15 heavy (non-hydrogen) atoms. The van der Waals surface area contributed by atoms with Gasteiger partial charge in [-0.1, -0.05) is 6.92 Å². The Morgan fingerprint density at radius 3 is 2.33 bits per heavy atom. The fourth-order valence-corrected chi connectivity index (χ4v) is 1.98. The summed E-state index contributed by atoms with van der Waals surface area (Å²) in [5.74, 6) is 0.0565. The highest BCUT2D eigenvalue weighted by Crippen LogP contribution is 1.87. The lowest BCUT2D eigenvalue weighted by Crippen LogP contribution is -2.36. The molecular formula is C8H20N2O4S. The van der Waals surface area contributed by atoms with Crippen molar-refractivity contribution in [3.63, 3.8) is 0 Å². The molecule has 0 unspecified atom stereocenters. The predicted octanol–water partition coefficient (Wildman–Crippen LogP) is -0.866. The van der Waals surface area contributed by atoms with Crippen molar-refractivity contribution < 1.29 is 17.9 Å². The Balaban J connectivity index is 3.62. The lowest BCUT2D eigenvalue weighted by molar-refractivity contribution is -0.0984. The molecular weight excluding hydrogens is 220 g/mol. The molecule has 92 valence electrons. The summed E-state index contributed by atoms with van der Waals surface area (Å²) in [6.45, 7) is 3.01. The third kappa shape index (κ3) is 7.69. The largest absolute Gasteiger partial charge is 0.355 e. The zero-order valence-electron chi connectivity index (χ0n) is 9.45. The van der Waals surface area contributed by atoms with Gasteiger partial charge < -0.3 is 14.8 Å². The Hall–Kier alpha value is -0.210. The van der Waals surface area contributed by atoms with Crippen LogP contribution in [0.4, 0.5) is 0 Å². The summed E-state index contributed by atoms with van der Waals surface area (Å²) in [5.41, 5.74) is 0. The van der Waals surface area contributed by atoms with Gasteiger partial charge in [-0.15, -0.1) is 0 Å². The molecule has 0 aliphatic heterocycles. The molecule has 0 spiro atoms. The summed E-state index contributed by atoms with van der Waals surface area (Å²) < 4.78 is 34.7. The molecule has 0 bridgehead atoms. The topological polar surface area (TPSA) is 76.7 Å². The van der Waals surface area contributed by atoms with Gasteiger partial charge in [0.25, 0.3) is 0 Å². The highest BCUT2D eigenvalue weighted by atomic mass is 32.2. The van der Waals surface area contributed by atoms with Gasteiger partial charge in [-0.25, -0.2) is 13.1 Å². The second-order valence-electron chi connectivity index (χ2n) is 2.92. The maximum Gasteiger partial charge on any atom is 0.212 e. The first-order valence-electron chi connectivity index (χ1n) is 4.79. The average Bonchev–Trinajstić information content (AvgIpc) is 2.18. The van der Waals surface area contributed by atoms with Crippen LogP contribution in [0.15, 0.2) is 0 Å². The van der Waals surface area contributed by atoms with E-state index in [1.165, 1.54) is 14.2 Å². The molecule has 0 rings (SSSR count). The van der Waals surface area contributed by atoms with Crippen molar-refractivity contribution in [2.75, 3.05) is 39.6 Å². The van der Waals surface area contributed by atoms with E-state index in [-0.39, 0.29) is 12.0 Å². The number of nitrogens with one attached hydrogen (secondary N) is 2. The number of methoxy groups -OCH3 is 2. The lowest BCUT2D eigenvalue weighted by atomic mass is 10.6. The number of rotatable bonds is 9. The standard InChI is InChI=1S/C8H20N2O4S/c1-4-10-15(11,12)6-5-9-7-8(13-2)14-3/h8-10H,4-7H2,1-3H3. The highest BCUT2D eigenvalue weighted by Gasteiger charge is 2.08. The van der Waals surface area contributed by atoms with Crippen molar-refractivity contribution in [3.8, 4) is 0 Å². The van der Waals surface area contributed by atoms with Gasteiger partial charge in [0.2, 0.25) is 10.0 Å². The Bertz CT molecular complexity index is 239. The van der Waals surface area contributed by atoms with E-state index < -0.39 is 10.0 Å². The fourth-order valence-electron chi connectivity index (χ4n) is 0.981. The third-order valence-corrected chi connectivity index (χ3v) is 3.22. The number of hydrogen-bond donors (Lipinski definition) is 2. The van der Waals surface area contributed by atoms with Crippen LogP contribution in [-0.4, -0.2) is 54.3 Å². The van der Waals surface area contributed by atoms with E-state index in [9.17, 15) is 8.42 Å². The smallest absolute Gasteiger partial charge is 0.212 e. The summed E-state index contributed by atoms with van der Waals surface area (Å²) >= 11 is 0. The van der Waals surface area contributed by atoms with Crippen LogP contribution < -0.4 is 10.0 Å². The van der Waals surface area contributed by atoms with E-state index in [2.05, 4.69) is 10.0 Å². The van der Waals surface area contributed by atoms with Crippen LogP contribution in [0.3, 0.4) is 0 Å². The first-order chi connectivity index (χ1) is 7.05. The minimum absolute atomic E-state index is 0.0565. The zero-order chi connectivity index (χ0) is 11.7. The van der Waals surface area contributed by atoms with Crippen LogP contribution in [0.25, 0.3) is 0 Å². The third-order valence-electron chi connectivity index (χ3n) is 1.75. The Kier molecular flexibility index (Phi) is 7.89. The van der Waals surface area contributed by atoms with E-state index in [0.29, 0.717) is 19.6 Å². The second kappa shape index (κ2) is 8.00. The summed E-state index contributed by atoms with van der Waals surface area (Å²) in [7, 11) is -0.0712. The van der Waals surface area contributed by atoms with Gasteiger partial charge in [-0.05, 0) is 0 Å². The predicted molar refractivity (Wildman–Crippen MR) is 58.1 cm³/mol. The average molecular weight is 240 g/mol. The summed E-state index contributed by atoms with van der Waals surface area (Å²) in [4.78, 5) is 0. The number of sulfonamides is 1. The van der Waals surface area contributed by atoms with E-state index in [4.69, 9.17) is 9.47 Å². The van der Waals surface area contributed by atoms with E-state index in [1.807, 2.05) is 0 Å². The van der Waals surface area contributed by atoms with Crippen LogP contribution in [0.1, 0.15) is 6.92 Å².